The normalized spacial score (nSPS) is 23.2. The molecule has 6 heteroatoms. The van der Waals surface area contributed by atoms with Crippen LogP contribution in [0.2, 0.25) is 0 Å². The minimum absolute atomic E-state index is 0.0312. The molecule has 0 spiro atoms. The number of anilines is 1. The number of ether oxygens (including phenoxy) is 1. The molecular weight excluding hydrogens is 248 g/mol. The molecular formula is C13H18N2O4. The summed E-state index contributed by atoms with van der Waals surface area (Å²) in [5, 5.41) is 20.6. The summed E-state index contributed by atoms with van der Waals surface area (Å²) in [5.74, 6) is 0.455. The smallest absolute Gasteiger partial charge is 0.311 e. The van der Waals surface area contributed by atoms with E-state index in [-0.39, 0.29) is 23.5 Å². The second-order valence-electron chi connectivity index (χ2n) is 4.89. The highest BCUT2D eigenvalue weighted by atomic mass is 16.6. The van der Waals surface area contributed by atoms with Gasteiger partial charge in [-0.15, -0.1) is 0 Å². The van der Waals surface area contributed by atoms with Gasteiger partial charge in [-0.3, -0.25) is 10.1 Å². The van der Waals surface area contributed by atoms with Gasteiger partial charge in [0.2, 0.25) is 0 Å². The van der Waals surface area contributed by atoms with Crippen LogP contribution in [0.15, 0.2) is 18.2 Å². The average Bonchev–Trinajstić information content (AvgIpc) is 2.41. The molecule has 104 valence electrons. The molecule has 2 unspecified atom stereocenters. The fourth-order valence-corrected chi connectivity index (χ4v) is 2.38. The van der Waals surface area contributed by atoms with Crippen molar-refractivity contribution in [3.63, 3.8) is 0 Å². The van der Waals surface area contributed by atoms with E-state index in [4.69, 9.17) is 4.74 Å². The highest BCUT2D eigenvalue weighted by Gasteiger charge is 2.25. The van der Waals surface area contributed by atoms with E-state index in [1.807, 2.05) is 6.92 Å². The topological polar surface area (TPSA) is 75.8 Å². The van der Waals surface area contributed by atoms with Crippen LogP contribution in [-0.2, 0) is 0 Å². The van der Waals surface area contributed by atoms with E-state index in [1.165, 1.54) is 13.2 Å². The number of piperidine rings is 1. The van der Waals surface area contributed by atoms with Gasteiger partial charge in [0.25, 0.3) is 0 Å². The van der Waals surface area contributed by atoms with Crippen LogP contribution in [0.1, 0.15) is 13.3 Å². The number of benzene rings is 1. The molecule has 2 atom stereocenters. The van der Waals surface area contributed by atoms with E-state index in [2.05, 4.69) is 4.90 Å². The minimum atomic E-state index is -0.453. The fourth-order valence-electron chi connectivity index (χ4n) is 2.38. The first-order valence-electron chi connectivity index (χ1n) is 6.28. The molecule has 6 nitrogen and oxygen atoms in total. The lowest BCUT2D eigenvalue weighted by Crippen LogP contribution is -2.41. The van der Waals surface area contributed by atoms with Crippen molar-refractivity contribution in [1.82, 2.24) is 0 Å². The molecule has 0 radical (unpaired) electrons. The molecule has 0 aliphatic carbocycles. The Morgan fingerprint density at radius 1 is 1.53 bits per heavy atom. The summed E-state index contributed by atoms with van der Waals surface area (Å²) in [6.45, 7) is 3.48. The molecule has 0 bridgehead atoms. The van der Waals surface area contributed by atoms with E-state index < -0.39 is 4.92 Å². The Labute approximate surface area is 111 Å². The van der Waals surface area contributed by atoms with Crippen molar-refractivity contribution >= 4 is 11.4 Å². The molecule has 2 rings (SSSR count). The van der Waals surface area contributed by atoms with Gasteiger partial charge in [-0.2, -0.15) is 0 Å². The van der Waals surface area contributed by atoms with Crippen LogP contribution in [0.3, 0.4) is 0 Å². The van der Waals surface area contributed by atoms with Crippen LogP contribution in [0, 0.1) is 16.0 Å². The van der Waals surface area contributed by atoms with Gasteiger partial charge >= 0.3 is 5.69 Å². The highest BCUT2D eigenvalue weighted by molar-refractivity contribution is 5.59. The molecule has 1 heterocycles. The molecule has 0 amide bonds. The van der Waals surface area contributed by atoms with Gasteiger partial charge < -0.3 is 14.7 Å². The van der Waals surface area contributed by atoms with E-state index >= 15 is 0 Å². The quantitative estimate of drug-likeness (QED) is 0.667. The summed E-state index contributed by atoms with van der Waals surface area (Å²) >= 11 is 0. The van der Waals surface area contributed by atoms with Crippen molar-refractivity contribution < 1.29 is 14.8 Å². The van der Waals surface area contributed by atoms with Crippen LogP contribution < -0.4 is 9.64 Å². The first-order chi connectivity index (χ1) is 9.02. The highest BCUT2D eigenvalue weighted by Crippen LogP contribution is 2.33. The van der Waals surface area contributed by atoms with Gasteiger partial charge in [0.1, 0.15) is 0 Å². The number of aliphatic hydroxyl groups excluding tert-OH is 1. The van der Waals surface area contributed by atoms with Crippen molar-refractivity contribution in [2.24, 2.45) is 5.92 Å². The van der Waals surface area contributed by atoms with Crippen molar-refractivity contribution in [2.75, 3.05) is 25.1 Å². The largest absolute Gasteiger partial charge is 0.490 e. The number of nitro benzene ring substituents is 1. The Hall–Kier alpha value is -1.82. The summed E-state index contributed by atoms with van der Waals surface area (Å²) in [7, 11) is 1.43. The van der Waals surface area contributed by atoms with Crippen LogP contribution in [0.4, 0.5) is 11.4 Å². The van der Waals surface area contributed by atoms with Crippen molar-refractivity contribution in [3.8, 4) is 5.75 Å². The lowest BCUT2D eigenvalue weighted by atomic mass is 9.96. The molecule has 1 aromatic rings. The zero-order chi connectivity index (χ0) is 14.0. The summed E-state index contributed by atoms with van der Waals surface area (Å²) in [5.41, 5.74) is 0.859. The number of nitro groups is 1. The Balaban J connectivity index is 2.24. The van der Waals surface area contributed by atoms with E-state index in [9.17, 15) is 15.2 Å². The first-order valence-corrected chi connectivity index (χ1v) is 6.28. The van der Waals surface area contributed by atoms with E-state index in [0.29, 0.717) is 6.42 Å². The summed E-state index contributed by atoms with van der Waals surface area (Å²) < 4.78 is 5.07. The first kappa shape index (κ1) is 13.6. The third-order valence-electron chi connectivity index (χ3n) is 3.59. The predicted octanol–water partition coefficient (Wildman–Crippen LogP) is 1.81. The Kier molecular flexibility index (Phi) is 3.90. The molecule has 1 saturated heterocycles. The molecule has 1 aromatic carbocycles. The number of nitrogens with zero attached hydrogens (tertiary/aromatic N) is 2. The van der Waals surface area contributed by atoms with Crippen molar-refractivity contribution in [2.45, 2.75) is 19.4 Å². The molecule has 1 N–H and O–H groups in total. The summed E-state index contributed by atoms with van der Waals surface area (Å²) in [6.07, 6.45) is 0.441. The maximum Gasteiger partial charge on any atom is 0.311 e. The van der Waals surface area contributed by atoms with Gasteiger partial charge in [-0.25, -0.2) is 0 Å². The predicted molar refractivity (Wildman–Crippen MR) is 71.6 cm³/mol. The maximum atomic E-state index is 10.8. The number of rotatable bonds is 3. The Morgan fingerprint density at radius 2 is 2.26 bits per heavy atom. The zero-order valence-corrected chi connectivity index (χ0v) is 11.1. The maximum absolute atomic E-state index is 10.8. The van der Waals surface area contributed by atoms with Gasteiger partial charge in [0, 0.05) is 30.9 Å². The molecule has 1 fully saturated rings. The fraction of sp³-hybridized carbons (Fsp3) is 0.538. The molecule has 0 aromatic heterocycles. The van der Waals surface area contributed by atoms with Gasteiger partial charge in [-0.05, 0) is 18.4 Å². The van der Waals surface area contributed by atoms with Crippen LogP contribution in [-0.4, -0.2) is 36.3 Å². The third kappa shape index (κ3) is 2.78. The van der Waals surface area contributed by atoms with E-state index in [1.54, 1.807) is 12.1 Å². The number of hydrogen-bond acceptors (Lipinski definition) is 5. The van der Waals surface area contributed by atoms with Gasteiger partial charge in [0.15, 0.2) is 5.75 Å². The van der Waals surface area contributed by atoms with Crippen LogP contribution >= 0.6 is 0 Å². The second kappa shape index (κ2) is 5.44. The van der Waals surface area contributed by atoms with Crippen molar-refractivity contribution in [1.29, 1.82) is 0 Å². The zero-order valence-electron chi connectivity index (χ0n) is 11.1. The number of hydrogen-bond donors (Lipinski definition) is 1. The standard InChI is InChI=1S/C13H18N2O4/c1-9-8-14(6-5-12(9)16)10-3-4-11(15(17)18)13(7-10)19-2/h3-4,7,9,12,16H,5-6,8H2,1-2H3. The SMILES string of the molecule is COc1cc(N2CCC(O)C(C)C2)ccc1[N+](=O)[O-]. The van der Waals surface area contributed by atoms with Gasteiger partial charge in [-0.1, -0.05) is 6.92 Å². The lowest BCUT2D eigenvalue weighted by Gasteiger charge is -2.36. The Bertz CT molecular complexity index is 478. The van der Waals surface area contributed by atoms with Crippen LogP contribution in [0.25, 0.3) is 0 Å². The molecule has 19 heavy (non-hydrogen) atoms. The lowest BCUT2D eigenvalue weighted by molar-refractivity contribution is -0.385. The molecule has 0 saturated carbocycles. The summed E-state index contributed by atoms with van der Waals surface area (Å²) in [4.78, 5) is 12.5. The second-order valence-corrected chi connectivity index (χ2v) is 4.89. The van der Waals surface area contributed by atoms with Crippen molar-refractivity contribution in [3.05, 3.63) is 28.3 Å². The van der Waals surface area contributed by atoms with Crippen LogP contribution in [0.5, 0.6) is 5.75 Å². The monoisotopic (exact) mass is 266 g/mol. The minimum Gasteiger partial charge on any atom is -0.490 e. The number of aliphatic hydroxyl groups is 1. The van der Waals surface area contributed by atoms with Gasteiger partial charge in [0.05, 0.1) is 18.1 Å². The number of methoxy groups -OCH3 is 1. The Morgan fingerprint density at radius 3 is 2.84 bits per heavy atom. The van der Waals surface area contributed by atoms with E-state index in [0.717, 1.165) is 18.8 Å². The molecule has 1 aliphatic heterocycles. The average molecular weight is 266 g/mol. The summed E-state index contributed by atoms with van der Waals surface area (Å²) in [6, 6.07) is 4.87. The third-order valence-corrected chi connectivity index (χ3v) is 3.59. The molecule has 1 aliphatic rings.